The number of nitrogens with one attached hydrogen (secondary N) is 1. The predicted molar refractivity (Wildman–Crippen MR) is 108 cm³/mol. The van der Waals surface area contributed by atoms with Crippen molar-refractivity contribution in [3.63, 3.8) is 0 Å². The molecule has 2 aromatic rings. The van der Waals surface area contributed by atoms with Gasteiger partial charge in [-0.2, -0.15) is 0 Å². The number of anilines is 2. The second-order valence-electron chi connectivity index (χ2n) is 7.79. The number of halogens is 1. The zero-order chi connectivity index (χ0) is 20.7. The third-order valence-electron chi connectivity index (χ3n) is 5.92. The molecule has 30 heavy (non-hydrogen) atoms. The summed E-state index contributed by atoms with van der Waals surface area (Å²) in [6.45, 7) is 1.70. The number of fused-ring (bicyclic) bond motifs is 1. The van der Waals surface area contributed by atoms with Crippen LogP contribution in [-0.2, 0) is 9.59 Å². The number of hydrogen-bond acceptors (Lipinski definition) is 6. The van der Waals surface area contributed by atoms with Crippen LogP contribution in [0.25, 0.3) is 0 Å². The van der Waals surface area contributed by atoms with Crippen LogP contribution in [0.4, 0.5) is 15.8 Å². The molecule has 1 atom stereocenters. The first-order valence-corrected chi connectivity index (χ1v) is 10.1. The molecule has 3 aliphatic rings. The Balaban J connectivity index is 1.20. The summed E-state index contributed by atoms with van der Waals surface area (Å²) in [5.41, 5.74) is 1.40. The summed E-state index contributed by atoms with van der Waals surface area (Å²) in [5, 5.41) is 3.52. The van der Waals surface area contributed by atoms with E-state index in [1.807, 2.05) is 18.2 Å². The zero-order valence-electron chi connectivity index (χ0n) is 16.3. The first-order chi connectivity index (χ1) is 14.6. The molecule has 5 rings (SSSR count). The third kappa shape index (κ3) is 3.47. The Hall–Kier alpha value is -3.13. The van der Waals surface area contributed by atoms with Crippen molar-refractivity contribution in [3.05, 3.63) is 48.3 Å². The van der Waals surface area contributed by atoms with Crippen LogP contribution < -0.4 is 19.7 Å². The van der Waals surface area contributed by atoms with Gasteiger partial charge in [-0.15, -0.1) is 0 Å². The minimum Gasteiger partial charge on any atom is -0.454 e. The molecule has 0 aliphatic carbocycles. The van der Waals surface area contributed by atoms with Crippen molar-refractivity contribution in [1.82, 2.24) is 4.90 Å². The molecule has 0 radical (unpaired) electrons. The second-order valence-corrected chi connectivity index (χ2v) is 7.79. The highest BCUT2D eigenvalue weighted by molar-refractivity contribution is 6.22. The van der Waals surface area contributed by atoms with Crippen LogP contribution in [0.1, 0.15) is 19.3 Å². The molecule has 1 unspecified atom stereocenters. The number of carbonyl (C=O) groups is 2. The molecule has 156 valence electrons. The first-order valence-electron chi connectivity index (χ1n) is 10.1. The van der Waals surface area contributed by atoms with E-state index in [4.69, 9.17) is 9.47 Å². The van der Waals surface area contributed by atoms with E-state index in [2.05, 4.69) is 10.2 Å². The van der Waals surface area contributed by atoms with Gasteiger partial charge in [0.25, 0.3) is 5.91 Å². The normalized spacial score (nSPS) is 22.0. The van der Waals surface area contributed by atoms with Gasteiger partial charge in [0.15, 0.2) is 11.5 Å². The van der Waals surface area contributed by atoms with Gasteiger partial charge in [-0.3, -0.25) is 14.5 Å². The summed E-state index contributed by atoms with van der Waals surface area (Å²) in [6, 6.07) is 11.1. The fourth-order valence-corrected chi connectivity index (χ4v) is 4.34. The summed E-state index contributed by atoms with van der Waals surface area (Å²) in [4.78, 5) is 28.6. The molecule has 7 nitrogen and oxygen atoms in total. The van der Waals surface area contributed by atoms with Gasteiger partial charge < -0.3 is 14.8 Å². The van der Waals surface area contributed by atoms with E-state index in [0.717, 1.165) is 43.1 Å². The number of rotatable bonds is 4. The Bertz CT molecular complexity index is 973. The van der Waals surface area contributed by atoms with Crippen LogP contribution >= 0.6 is 0 Å². The van der Waals surface area contributed by atoms with Crippen molar-refractivity contribution in [1.29, 1.82) is 0 Å². The molecule has 0 spiro atoms. The Labute approximate surface area is 173 Å². The van der Waals surface area contributed by atoms with Crippen LogP contribution in [-0.4, -0.2) is 48.7 Å². The number of amides is 2. The molecular weight excluding hydrogens is 389 g/mol. The second kappa shape index (κ2) is 7.60. The Morgan fingerprint density at radius 2 is 1.70 bits per heavy atom. The zero-order valence-corrected chi connectivity index (χ0v) is 16.3. The average Bonchev–Trinajstić information content (AvgIpc) is 3.33. The van der Waals surface area contributed by atoms with Crippen molar-refractivity contribution in [3.8, 4) is 11.5 Å². The van der Waals surface area contributed by atoms with Crippen molar-refractivity contribution >= 4 is 23.2 Å². The Kier molecular flexibility index (Phi) is 4.78. The van der Waals surface area contributed by atoms with Gasteiger partial charge in [0, 0.05) is 30.9 Å². The molecule has 2 saturated heterocycles. The molecule has 3 heterocycles. The van der Waals surface area contributed by atoms with Crippen molar-refractivity contribution in [2.45, 2.75) is 31.3 Å². The summed E-state index contributed by atoms with van der Waals surface area (Å²) in [7, 11) is 0. The van der Waals surface area contributed by atoms with E-state index in [1.54, 1.807) is 0 Å². The van der Waals surface area contributed by atoms with E-state index < -0.39 is 11.9 Å². The first kappa shape index (κ1) is 18.9. The quantitative estimate of drug-likeness (QED) is 0.781. The van der Waals surface area contributed by atoms with Gasteiger partial charge in [-0.25, -0.2) is 9.29 Å². The molecule has 0 aromatic heterocycles. The molecule has 2 aromatic carbocycles. The number of piperidine rings is 1. The highest BCUT2D eigenvalue weighted by Gasteiger charge is 2.43. The van der Waals surface area contributed by atoms with Gasteiger partial charge in [0.2, 0.25) is 12.7 Å². The standard InChI is InChI=1S/C22H22FN3O4/c23-14-1-4-17(5-2-14)26-21(27)12-18(22(26)28)25-9-7-15(8-10-25)24-16-3-6-19-20(11-16)30-13-29-19/h1-6,11,15,18,24H,7-10,12-13H2. The number of nitrogens with zero attached hydrogens (tertiary/aromatic N) is 2. The van der Waals surface area contributed by atoms with Crippen LogP contribution in [0.15, 0.2) is 42.5 Å². The fourth-order valence-electron chi connectivity index (χ4n) is 4.34. The number of hydrogen-bond donors (Lipinski definition) is 1. The molecule has 2 fully saturated rings. The SMILES string of the molecule is O=C1CC(N2CCC(Nc3ccc4c(c3)OCO4)CC2)C(=O)N1c1ccc(F)cc1. The summed E-state index contributed by atoms with van der Waals surface area (Å²) in [6.07, 6.45) is 1.89. The van der Waals surface area contributed by atoms with E-state index in [-0.39, 0.29) is 31.1 Å². The summed E-state index contributed by atoms with van der Waals surface area (Å²) < 4.78 is 23.9. The maximum Gasteiger partial charge on any atom is 0.251 e. The third-order valence-corrected chi connectivity index (χ3v) is 5.92. The molecule has 2 amide bonds. The topological polar surface area (TPSA) is 71.1 Å². The summed E-state index contributed by atoms with van der Waals surface area (Å²) in [5.74, 6) is 0.635. The van der Waals surface area contributed by atoms with Crippen LogP contribution in [0.2, 0.25) is 0 Å². The molecule has 8 heteroatoms. The predicted octanol–water partition coefficient (Wildman–Crippen LogP) is 2.76. The highest BCUT2D eigenvalue weighted by Crippen LogP contribution is 2.35. The van der Waals surface area contributed by atoms with E-state index >= 15 is 0 Å². The monoisotopic (exact) mass is 411 g/mol. The maximum atomic E-state index is 13.2. The maximum absolute atomic E-state index is 13.2. The van der Waals surface area contributed by atoms with Crippen LogP contribution in [0, 0.1) is 5.82 Å². The average molecular weight is 411 g/mol. The minimum atomic E-state index is -0.450. The lowest BCUT2D eigenvalue weighted by molar-refractivity contribution is -0.123. The highest BCUT2D eigenvalue weighted by atomic mass is 19.1. The van der Waals surface area contributed by atoms with Gasteiger partial charge in [-0.05, 0) is 49.2 Å². The lowest BCUT2D eigenvalue weighted by atomic mass is 10.0. The minimum absolute atomic E-state index is 0.163. The lowest BCUT2D eigenvalue weighted by Gasteiger charge is -2.35. The summed E-state index contributed by atoms with van der Waals surface area (Å²) >= 11 is 0. The molecular formula is C22H22FN3O4. The number of imide groups is 1. The van der Waals surface area contributed by atoms with E-state index in [9.17, 15) is 14.0 Å². The number of likely N-dealkylation sites (tertiary alicyclic amines) is 1. The van der Waals surface area contributed by atoms with Gasteiger partial charge >= 0.3 is 0 Å². The van der Waals surface area contributed by atoms with Gasteiger partial charge in [0.05, 0.1) is 18.2 Å². The number of benzene rings is 2. The fraction of sp³-hybridized carbons (Fsp3) is 0.364. The Morgan fingerprint density at radius 1 is 0.967 bits per heavy atom. The molecule has 0 saturated carbocycles. The largest absolute Gasteiger partial charge is 0.454 e. The number of ether oxygens (including phenoxy) is 2. The van der Waals surface area contributed by atoms with Crippen molar-refractivity contribution in [2.24, 2.45) is 0 Å². The molecule has 1 N–H and O–H groups in total. The van der Waals surface area contributed by atoms with E-state index in [0.29, 0.717) is 5.69 Å². The van der Waals surface area contributed by atoms with Crippen molar-refractivity contribution < 1.29 is 23.5 Å². The number of carbonyl (C=O) groups excluding carboxylic acids is 2. The van der Waals surface area contributed by atoms with Gasteiger partial charge in [-0.1, -0.05) is 0 Å². The smallest absolute Gasteiger partial charge is 0.251 e. The van der Waals surface area contributed by atoms with Crippen molar-refractivity contribution in [2.75, 3.05) is 30.1 Å². The lowest BCUT2D eigenvalue weighted by Crippen LogP contribution is -2.48. The van der Waals surface area contributed by atoms with Crippen LogP contribution in [0.5, 0.6) is 11.5 Å². The van der Waals surface area contributed by atoms with Crippen LogP contribution in [0.3, 0.4) is 0 Å². The Morgan fingerprint density at radius 3 is 2.47 bits per heavy atom. The van der Waals surface area contributed by atoms with E-state index in [1.165, 1.54) is 29.2 Å². The molecule has 3 aliphatic heterocycles. The molecule has 0 bridgehead atoms. The van der Waals surface area contributed by atoms with Gasteiger partial charge in [0.1, 0.15) is 5.82 Å².